The second-order valence-electron chi connectivity index (χ2n) is 5.43. The minimum Gasteiger partial charge on any atom is -0.298 e. The Morgan fingerprint density at radius 3 is 2.83 bits per heavy atom. The molecule has 0 spiro atoms. The van der Waals surface area contributed by atoms with Crippen LogP contribution in [0, 0.1) is 13.8 Å². The first-order valence-electron chi connectivity index (χ1n) is 7.45. The van der Waals surface area contributed by atoms with Gasteiger partial charge >= 0.3 is 0 Å². The van der Waals surface area contributed by atoms with E-state index in [2.05, 4.69) is 70.9 Å². The van der Waals surface area contributed by atoms with Crippen LogP contribution < -0.4 is 0 Å². The Morgan fingerprint density at radius 1 is 1.26 bits per heavy atom. The summed E-state index contributed by atoms with van der Waals surface area (Å²) in [5.74, 6) is 1.81. The summed E-state index contributed by atoms with van der Waals surface area (Å²) in [6.45, 7) is 8.80. The molecule has 5 heteroatoms. The standard InChI is InChI=1S/C18H19N3S2/c1-4-8-21-17(16-10-14(3)22-12-16)19-20-18(21)23-11-15-7-5-6-13(2)9-15/h4-7,9-10,12H,1,8,11H2,2-3H3. The van der Waals surface area contributed by atoms with Crippen LogP contribution in [0.25, 0.3) is 11.4 Å². The highest BCUT2D eigenvalue weighted by Crippen LogP contribution is 2.29. The number of hydrogen-bond donors (Lipinski definition) is 0. The van der Waals surface area contributed by atoms with Crippen molar-refractivity contribution in [2.24, 2.45) is 0 Å². The molecule has 118 valence electrons. The van der Waals surface area contributed by atoms with Crippen molar-refractivity contribution in [3.63, 3.8) is 0 Å². The van der Waals surface area contributed by atoms with Crippen LogP contribution in [0.15, 0.2) is 53.5 Å². The Bertz CT molecular complexity index is 817. The van der Waals surface area contributed by atoms with Gasteiger partial charge in [0, 0.05) is 28.1 Å². The minimum absolute atomic E-state index is 0.716. The quantitative estimate of drug-likeness (QED) is 0.461. The molecule has 2 aromatic heterocycles. The van der Waals surface area contributed by atoms with Gasteiger partial charge in [-0.15, -0.1) is 28.1 Å². The fourth-order valence-corrected chi connectivity index (χ4v) is 3.99. The third-order valence-electron chi connectivity index (χ3n) is 3.47. The minimum atomic E-state index is 0.716. The first kappa shape index (κ1) is 16.0. The van der Waals surface area contributed by atoms with E-state index in [9.17, 15) is 0 Å². The molecule has 3 rings (SSSR count). The van der Waals surface area contributed by atoms with Gasteiger partial charge in [0.15, 0.2) is 11.0 Å². The van der Waals surface area contributed by atoms with E-state index in [0.717, 1.165) is 22.3 Å². The maximum absolute atomic E-state index is 4.40. The van der Waals surface area contributed by atoms with E-state index in [0.29, 0.717) is 6.54 Å². The van der Waals surface area contributed by atoms with Crippen molar-refractivity contribution in [2.75, 3.05) is 0 Å². The number of thioether (sulfide) groups is 1. The molecule has 0 amide bonds. The van der Waals surface area contributed by atoms with Gasteiger partial charge in [-0.25, -0.2) is 0 Å². The lowest BCUT2D eigenvalue weighted by Gasteiger charge is -2.07. The van der Waals surface area contributed by atoms with Gasteiger partial charge in [-0.2, -0.15) is 0 Å². The zero-order valence-electron chi connectivity index (χ0n) is 13.3. The van der Waals surface area contributed by atoms with Gasteiger partial charge in [0.25, 0.3) is 0 Å². The molecule has 3 aromatic rings. The van der Waals surface area contributed by atoms with Crippen molar-refractivity contribution >= 4 is 23.1 Å². The van der Waals surface area contributed by atoms with E-state index < -0.39 is 0 Å². The lowest BCUT2D eigenvalue weighted by Crippen LogP contribution is -2.00. The van der Waals surface area contributed by atoms with Crippen LogP contribution in [-0.2, 0) is 12.3 Å². The van der Waals surface area contributed by atoms with Crippen molar-refractivity contribution < 1.29 is 0 Å². The Kier molecular flexibility index (Phi) is 4.98. The fourth-order valence-electron chi connectivity index (χ4n) is 2.41. The first-order valence-corrected chi connectivity index (χ1v) is 9.32. The summed E-state index contributed by atoms with van der Waals surface area (Å²) in [6.07, 6.45) is 1.89. The molecule has 0 aliphatic rings. The summed E-state index contributed by atoms with van der Waals surface area (Å²) in [4.78, 5) is 1.28. The molecule has 2 heterocycles. The number of aromatic nitrogens is 3. The average Bonchev–Trinajstić information content (AvgIpc) is 3.12. The number of benzene rings is 1. The third-order valence-corrected chi connectivity index (χ3v) is 5.37. The second kappa shape index (κ2) is 7.15. The zero-order valence-corrected chi connectivity index (χ0v) is 15.0. The molecule has 0 fully saturated rings. The molecule has 1 aromatic carbocycles. The SMILES string of the molecule is C=CCn1c(SCc2cccc(C)c2)nnc1-c1csc(C)c1. The van der Waals surface area contributed by atoms with E-state index in [1.54, 1.807) is 23.1 Å². The maximum Gasteiger partial charge on any atom is 0.192 e. The smallest absolute Gasteiger partial charge is 0.192 e. The highest BCUT2D eigenvalue weighted by molar-refractivity contribution is 7.98. The molecule has 0 aliphatic heterocycles. The van der Waals surface area contributed by atoms with Crippen LogP contribution in [0.3, 0.4) is 0 Å². The van der Waals surface area contributed by atoms with Gasteiger partial charge in [0.1, 0.15) is 0 Å². The van der Waals surface area contributed by atoms with Crippen LogP contribution in [0.5, 0.6) is 0 Å². The number of hydrogen-bond acceptors (Lipinski definition) is 4. The summed E-state index contributed by atoms with van der Waals surface area (Å²) in [6, 6.07) is 10.7. The van der Waals surface area contributed by atoms with Gasteiger partial charge in [0.2, 0.25) is 0 Å². The topological polar surface area (TPSA) is 30.7 Å². The first-order chi connectivity index (χ1) is 11.2. The molecule has 23 heavy (non-hydrogen) atoms. The van der Waals surface area contributed by atoms with Crippen molar-refractivity contribution in [1.29, 1.82) is 0 Å². The molecule has 0 bridgehead atoms. The monoisotopic (exact) mass is 341 g/mol. The van der Waals surface area contributed by atoms with E-state index in [-0.39, 0.29) is 0 Å². The molecule has 0 unspecified atom stereocenters. The number of nitrogens with zero attached hydrogens (tertiary/aromatic N) is 3. The lowest BCUT2D eigenvalue weighted by atomic mass is 10.2. The highest BCUT2D eigenvalue weighted by Gasteiger charge is 2.14. The molecule has 3 nitrogen and oxygen atoms in total. The molecule has 0 saturated carbocycles. The van der Waals surface area contributed by atoms with E-state index in [1.807, 2.05) is 6.08 Å². The molecule has 0 N–H and O–H groups in total. The maximum atomic E-state index is 4.40. The van der Waals surface area contributed by atoms with Crippen molar-refractivity contribution in [1.82, 2.24) is 14.8 Å². The van der Waals surface area contributed by atoms with Crippen molar-refractivity contribution in [2.45, 2.75) is 31.3 Å². The van der Waals surface area contributed by atoms with Crippen LogP contribution in [0.2, 0.25) is 0 Å². The van der Waals surface area contributed by atoms with Gasteiger partial charge in [0.05, 0.1) is 0 Å². The Hall–Kier alpha value is -1.85. The molecule has 0 radical (unpaired) electrons. The predicted molar refractivity (Wildman–Crippen MR) is 99.0 cm³/mol. The van der Waals surface area contributed by atoms with Crippen LogP contribution in [0.1, 0.15) is 16.0 Å². The lowest BCUT2D eigenvalue weighted by molar-refractivity contribution is 0.731. The Morgan fingerprint density at radius 2 is 2.13 bits per heavy atom. The van der Waals surface area contributed by atoms with Gasteiger partial charge in [-0.3, -0.25) is 4.57 Å². The molecule has 0 atom stereocenters. The molecular weight excluding hydrogens is 322 g/mol. The van der Waals surface area contributed by atoms with E-state index >= 15 is 0 Å². The van der Waals surface area contributed by atoms with E-state index in [1.165, 1.54) is 16.0 Å². The summed E-state index contributed by atoms with van der Waals surface area (Å²) in [5, 5.41) is 11.9. The van der Waals surface area contributed by atoms with Crippen LogP contribution >= 0.6 is 23.1 Å². The Balaban J connectivity index is 1.84. The van der Waals surface area contributed by atoms with Crippen LogP contribution in [-0.4, -0.2) is 14.8 Å². The van der Waals surface area contributed by atoms with Gasteiger partial charge in [-0.05, 0) is 25.5 Å². The zero-order chi connectivity index (χ0) is 16.2. The van der Waals surface area contributed by atoms with Gasteiger partial charge in [-0.1, -0.05) is 47.7 Å². The predicted octanol–water partition coefficient (Wildman–Crippen LogP) is 5.10. The highest BCUT2D eigenvalue weighted by atomic mass is 32.2. The largest absolute Gasteiger partial charge is 0.298 e. The van der Waals surface area contributed by atoms with Gasteiger partial charge < -0.3 is 0 Å². The summed E-state index contributed by atoms with van der Waals surface area (Å²) in [7, 11) is 0. The summed E-state index contributed by atoms with van der Waals surface area (Å²) < 4.78 is 2.13. The Labute approximate surface area is 145 Å². The molecule has 0 aliphatic carbocycles. The van der Waals surface area contributed by atoms with Crippen LogP contribution in [0.4, 0.5) is 0 Å². The van der Waals surface area contributed by atoms with Crippen molar-refractivity contribution in [3.05, 3.63) is 64.4 Å². The number of thiophene rings is 1. The normalized spacial score (nSPS) is 10.9. The summed E-state index contributed by atoms with van der Waals surface area (Å²) in [5.41, 5.74) is 3.71. The molecular formula is C18H19N3S2. The summed E-state index contributed by atoms with van der Waals surface area (Å²) >= 11 is 3.45. The second-order valence-corrected chi connectivity index (χ2v) is 7.49. The number of allylic oxidation sites excluding steroid dienone is 1. The third kappa shape index (κ3) is 3.74. The van der Waals surface area contributed by atoms with Crippen molar-refractivity contribution in [3.8, 4) is 11.4 Å². The number of rotatable bonds is 6. The van der Waals surface area contributed by atoms with E-state index in [4.69, 9.17) is 0 Å². The number of aryl methyl sites for hydroxylation is 2. The average molecular weight is 342 g/mol. The fraction of sp³-hybridized carbons (Fsp3) is 0.222. The molecule has 0 saturated heterocycles.